The normalized spacial score (nSPS) is 20.1. The molecule has 8 rings (SSSR count). The summed E-state index contributed by atoms with van der Waals surface area (Å²) >= 11 is 0. The molecule has 6 heterocycles. The van der Waals surface area contributed by atoms with Gasteiger partial charge < -0.3 is 40.4 Å². The summed E-state index contributed by atoms with van der Waals surface area (Å²) < 4.78 is 38.4. The van der Waals surface area contributed by atoms with E-state index in [1.54, 1.807) is 36.0 Å². The van der Waals surface area contributed by atoms with E-state index >= 15 is 0 Å². The number of hydrogen-bond acceptors (Lipinski definition) is 11. The van der Waals surface area contributed by atoms with E-state index < -0.39 is 18.4 Å². The highest BCUT2D eigenvalue weighted by Gasteiger charge is 2.34. The van der Waals surface area contributed by atoms with Crippen molar-refractivity contribution in [1.82, 2.24) is 39.8 Å². The fourth-order valence-electron chi connectivity index (χ4n) is 10.7. The predicted molar refractivity (Wildman–Crippen MR) is 260 cm³/mol. The van der Waals surface area contributed by atoms with Crippen LogP contribution in [0, 0.1) is 16.7 Å². The Hall–Kier alpha value is -6.37. The van der Waals surface area contributed by atoms with Crippen molar-refractivity contribution >= 4 is 58.0 Å². The number of halogens is 2. The number of allylic oxidation sites excluding steroid dienone is 1. The number of para-hydroxylation sites is 1. The van der Waals surface area contributed by atoms with E-state index in [0.29, 0.717) is 104 Å². The van der Waals surface area contributed by atoms with Crippen molar-refractivity contribution < 1.29 is 32.7 Å². The number of anilines is 1. The fraction of sp³-hybridized carbons (Fsp3) is 0.540. The molecule has 370 valence electrons. The summed E-state index contributed by atoms with van der Waals surface area (Å²) in [7, 11) is 3.32. The zero-order valence-corrected chi connectivity index (χ0v) is 39.9. The zero-order chi connectivity index (χ0) is 48.9. The zero-order valence-electron chi connectivity index (χ0n) is 39.9. The molecule has 4 amide bonds. The van der Waals surface area contributed by atoms with E-state index in [4.69, 9.17) is 10.1 Å². The minimum absolute atomic E-state index is 0.0693. The number of carbonyl (C=O) groups is 4. The SMILES string of the molecule is CN/C=C(\C=N)c1cc2c(cc1C(F)F)N(C(=N)C1=C(NC3CCN(C(=O)CCCN4CCC(COc5cccc6c5n(C)c(=O)n6C5CCC(=O)NC5=O)CC4)CC3)CCN(C(C)=O)C1)CCC2. The largest absolute Gasteiger partial charge is 0.491 e. The summed E-state index contributed by atoms with van der Waals surface area (Å²) in [5.41, 5.74) is 4.25. The van der Waals surface area contributed by atoms with Gasteiger partial charge in [0.05, 0.1) is 18.7 Å². The van der Waals surface area contributed by atoms with E-state index in [9.17, 15) is 38.2 Å². The van der Waals surface area contributed by atoms with Crippen molar-refractivity contribution in [3.63, 3.8) is 0 Å². The van der Waals surface area contributed by atoms with Gasteiger partial charge in [-0.25, -0.2) is 13.6 Å². The summed E-state index contributed by atoms with van der Waals surface area (Å²) in [6, 6.07) is 7.95. The molecule has 3 fully saturated rings. The highest BCUT2D eigenvalue weighted by molar-refractivity contribution is 6.11. The average molecular weight is 954 g/mol. The maximum atomic E-state index is 14.6. The second-order valence-corrected chi connectivity index (χ2v) is 19.0. The number of amidine groups is 1. The Morgan fingerprint density at radius 3 is 2.43 bits per heavy atom. The fourth-order valence-corrected chi connectivity index (χ4v) is 10.7. The lowest BCUT2D eigenvalue weighted by atomic mass is 9.91. The predicted octanol–water partition coefficient (Wildman–Crippen LogP) is 4.85. The van der Waals surface area contributed by atoms with Crippen LogP contribution in [-0.2, 0) is 32.6 Å². The molecule has 1 atom stereocenters. The first-order chi connectivity index (χ1) is 33.3. The van der Waals surface area contributed by atoms with Crippen molar-refractivity contribution in [3.8, 4) is 5.75 Å². The number of rotatable bonds is 15. The molecule has 5 aliphatic rings. The monoisotopic (exact) mass is 954 g/mol. The van der Waals surface area contributed by atoms with Crippen molar-refractivity contribution in [3.05, 3.63) is 75.0 Å². The third-order valence-corrected chi connectivity index (χ3v) is 14.6. The summed E-state index contributed by atoms with van der Waals surface area (Å²) in [5.74, 6) is 0.335. The Morgan fingerprint density at radius 1 is 0.971 bits per heavy atom. The number of imide groups is 1. The summed E-state index contributed by atoms with van der Waals surface area (Å²) in [6.45, 7) is 7.08. The van der Waals surface area contributed by atoms with Gasteiger partial charge in [0.1, 0.15) is 23.1 Å². The molecule has 19 heteroatoms. The average Bonchev–Trinajstić information content (AvgIpc) is 3.60. The Labute approximate surface area is 400 Å². The molecule has 3 aromatic rings. The number of nitrogens with zero attached hydrogens (tertiary/aromatic N) is 6. The molecule has 0 radical (unpaired) electrons. The number of hydrogen-bond donors (Lipinski definition) is 5. The molecule has 0 aliphatic carbocycles. The van der Waals surface area contributed by atoms with Crippen LogP contribution in [0.4, 0.5) is 14.5 Å². The smallest absolute Gasteiger partial charge is 0.329 e. The van der Waals surface area contributed by atoms with E-state index in [1.807, 2.05) is 17.0 Å². The number of fused-ring (bicyclic) bond motifs is 2. The molecule has 69 heavy (non-hydrogen) atoms. The lowest BCUT2D eigenvalue weighted by Gasteiger charge is -2.39. The quantitative estimate of drug-likeness (QED) is 0.0797. The van der Waals surface area contributed by atoms with E-state index in [-0.39, 0.29) is 60.2 Å². The minimum Gasteiger partial charge on any atom is -0.491 e. The molecule has 5 N–H and O–H groups in total. The van der Waals surface area contributed by atoms with Crippen LogP contribution >= 0.6 is 0 Å². The number of aryl methyl sites for hydroxylation is 2. The lowest BCUT2D eigenvalue weighted by molar-refractivity contribution is -0.136. The van der Waals surface area contributed by atoms with Crippen molar-refractivity contribution in [2.45, 2.75) is 96.1 Å². The second kappa shape index (κ2) is 21.5. The number of likely N-dealkylation sites (tertiary alicyclic amines) is 2. The van der Waals surface area contributed by atoms with Gasteiger partial charge in [-0.15, -0.1) is 0 Å². The number of ether oxygens (including phenoxy) is 1. The second-order valence-electron chi connectivity index (χ2n) is 19.0. The first-order valence-corrected chi connectivity index (χ1v) is 24.4. The number of benzene rings is 2. The van der Waals surface area contributed by atoms with Gasteiger partial charge in [-0.05, 0) is 112 Å². The van der Waals surface area contributed by atoms with Gasteiger partial charge in [0.25, 0.3) is 6.43 Å². The van der Waals surface area contributed by atoms with Crippen molar-refractivity contribution in [2.24, 2.45) is 13.0 Å². The van der Waals surface area contributed by atoms with Gasteiger partial charge in [0, 0.05) is 113 Å². The van der Waals surface area contributed by atoms with Crippen LogP contribution in [0.3, 0.4) is 0 Å². The first kappa shape index (κ1) is 49.1. The third-order valence-electron chi connectivity index (χ3n) is 14.6. The third kappa shape index (κ3) is 10.6. The van der Waals surface area contributed by atoms with Gasteiger partial charge in [-0.1, -0.05) is 6.07 Å². The molecule has 0 bridgehead atoms. The standard InChI is InChI=1S/C50H65F2N11O6/c1-31(64)61-24-17-39(38(29-61)48(54)62-19-5-7-33-25-36(34(27-53)28-55-2)37(47(51)52)26-42(33)62)56-35-15-22-60(23-16-35)45(66)10-6-18-59-20-13-32(14-21-59)30-69-43-9-4-8-40-46(43)58(3)50(68)63(40)41-11-12-44(65)57-49(41)67/h4,8-9,25-28,32,35,41,47,53-56H,5-7,10-24,29-30H2,1-3H3,(H,57,65,67)/b34-28+,53-27?,54-48?. The van der Waals surface area contributed by atoms with Gasteiger partial charge in [-0.2, -0.15) is 0 Å². The van der Waals surface area contributed by atoms with E-state index in [0.717, 1.165) is 69.2 Å². The number of nitrogens with one attached hydrogen (secondary N) is 5. The van der Waals surface area contributed by atoms with Crippen LogP contribution in [0.25, 0.3) is 16.6 Å². The number of piperidine rings is 3. The molecule has 17 nitrogen and oxygen atoms in total. The molecule has 1 unspecified atom stereocenters. The van der Waals surface area contributed by atoms with Crippen LogP contribution in [0.2, 0.25) is 0 Å². The van der Waals surface area contributed by atoms with Crippen molar-refractivity contribution in [1.29, 1.82) is 10.8 Å². The van der Waals surface area contributed by atoms with Gasteiger partial charge in [-0.3, -0.25) is 39.0 Å². The molecule has 0 spiro atoms. The van der Waals surface area contributed by atoms with Crippen LogP contribution < -0.4 is 31.3 Å². The summed E-state index contributed by atoms with van der Waals surface area (Å²) in [5, 5.41) is 26.3. The number of aromatic nitrogens is 2. The lowest BCUT2D eigenvalue weighted by Crippen LogP contribution is -2.48. The highest BCUT2D eigenvalue weighted by Crippen LogP contribution is 2.38. The Bertz CT molecular complexity index is 2610. The van der Waals surface area contributed by atoms with Gasteiger partial charge >= 0.3 is 5.69 Å². The van der Waals surface area contributed by atoms with Crippen LogP contribution in [-0.4, -0.2) is 132 Å². The van der Waals surface area contributed by atoms with Crippen LogP contribution in [0.15, 0.2) is 52.6 Å². The van der Waals surface area contributed by atoms with Crippen molar-refractivity contribution in [2.75, 3.05) is 70.9 Å². The topological polar surface area (TPSA) is 201 Å². The minimum atomic E-state index is -2.79. The number of alkyl halides is 2. The molecular weight excluding hydrogens is 889 g/mol. The molecule has 0 saturated carbocycles. The van der Waals surface area contributed by atoms with Gasteiger partial charge in [0.15, 0.2) is 0 Å². The number of imidazole rings is 1. The van der Waals surface area contributed by atoms with Crippen LogP contribution in [0.1, 0.15) is 100 Å². The Balaban J connectivity index is 0.815. The van der Waals surface area contributed by atoms with E-state index in [2.05, 4.69) is 20.9 Å². The number of carbonyl (C=O) groups excluding carboxylic acids is 4. The summed E-state index contributed by atoms with van der Waals surface area (Å²) in [4.78, 5) is 71.6. The molecular formula is C50H65F2N11O6. The number of amides is 4. The molecule has 1 aromatic heterocycles. The van der Waals surface area contributed by atoms with Crippen LogP contribution in [0.5, 0.6) is 5.75 Å². The van der Waals surface area contributed by atoms with Gasteiger partial charge in [0.2, 0.25) is 23.6 Å². The Morgan fingerprint density at radius 2 is 1.74 bits per heavy atom. The maximum Gasteiger partial charge on any atom is 0.329 e. The Kier molecular flexibility index (Phi) is 15.3. The molecule has 3 saturated heterocycles. The highest BCUT2D eigenvalue weighted by atomic mass is 19.3. The summed E-state index contributed by atoms with van der Waals surface area (Å²) in [6.07, 6.45) is 6.73. The molecule has 5 aliphatic heterocycles. The molecule has 2 aromatic carbocycles. The maximum absolute atomic E-state index is 14.6. The first-order valence-electron chi connectivity index (χ1n) is 24.4. The van der Waals surface area contributed by atoms with E-state index in [1.165, 1.54) is 28.3 Å².